The molecule has 2 aliphatic heterocycles. The van der Waals surface area contributed by atoms with Crippen molar-refractivity contribution in [3.63, 3.8) is 0 Å². The zero-order chi connectivity index (χ0) is 16.9. The standard InChI is InChI=1S/C17H23N3O4/c1-23-9-8-20-16(21)12-15(17(20)22)18-13-2-4-14(5-3-13)19-6-10-24-11-7-19/h2-5,15,18H,6-12H2,1H3/t15-/m1/s1. The van der Waals surface area contributed by atoms with Crippen LogP contribution >= 0.6 is 0 Å². The lowest BCUT2D eigenvalue weighted by molar-refractivity contribution is -0.139. The van der Waals surface area contributed by atoms with Gasteiger partial charge in [-0.2, -0.15) is 0 Å². The van der Waals surface area contributed by atoms with E-state index in [0.29, 0.717) is 13.2 Å². The van der Waals surface area contributed by atoms with Gasteiger partial charge in [0.2, 0.25) is 5.91 Å². The smallest absolute Gasteiger partial charge is 0.252 e. The number of likely N-dealkylation sites (tertiary alicyclic amines) is 1. The molecule has 2 amide bonds. The SMILES string of the molecule is COCCN1C(=O)C[C@@H](Nc2ccc(N3CCOCC3)cc2)C1=O. The summed E-state index contributed by atoms with van der Waals surface area (Å²) < 4.78 is 10.3. The van der Waals surface area contributed by atoms with Crippen LogP contribution in [0.25, 0.3) is 0 Å². The minimum Gasteiger partial charge on any atom is -0.383 e. The molecule has 2 fully saturated rings. The maximum absolute atomic E-state index is 12.3. The monoisotopic (exact) mass is 333 g/mol. The molecule has 0 aromatic heterocycles. The quantitative estimate of drug-likeness (QED) is 0.773. The number of anilines is 2. The van der Waals surface area contributed by atoms with Crippen molar-refractivity contribution >= 4 is 23.2 Å². The molecule has 0 spiro atoms. The van der Waals surface area contributed by atoms with Crippen molar-refractivity contribution in [3.8, 4) is 0 Å². The minimum atomic E-state index is -0.497. The molecule has 7 nitrogen and oxygen atoms in total. The topological polar surface area (TPSA) is 71.1 Å². The van der Waals surface area contributed by atoms with E-state index in [1.54, 1.807) is 7.11 Å². The number of amides is 2. The number of carbonyl (C=O) groups is 2. The third-order valence-corrected chi connectivity index (χ3v) is 4.35. The van der Waals surface area contributed by atoms with E-state index in [-0.39, 0.29) is 18.2 Å². The summed E-state index contributed by atoms with van der Waals surface area (Å²) in [7, 11) is 1.55. The highest BCUT2D eigenvalue weighted by Crippen LogP contribution is 2.22. The van der Waals surface area contributed by atoms with Crippen LogP contribution in [0.4, 0.5) is 11.4 Å². The van der Waals surface area contributed by atoms with Gasteiger partial charge in [0.1, 0.15) is 6.04 Å². The van der Waals surface area contributed by atoms with Crippen LogP contribution in [-0.4, -0.2) is 69.3 Å². The van der Waals surface area contributed by atoms with Crippen molar-refractivity contribution in [1.29, 1.82) is 0 Å². The number of hydrogen-bond acceptors (Lipinski definition) is 6. The first-order valence-corrected chi connectivity index (χ1v) is 8.21. The Balaban J connectivity index is 1.59. The predicted octanol–water partition coefficient (Wildman–Crippen LogP) is 0.709. The van der Waals surface area contributed by atoms with E-state index < -0.39 is 6.04 Å². The fourth-order valence-electron chi connectivity index (χ4n) is 3.00. The van der Waals surface area contributed by atoms with Crippen molar-refractivity contribution in [2.75, 3.05) is 56.8 Å². The van der Waals surface area contributed by atoms with E-state index in [4.69, 9.17) is 9.47 Å². The number of ether oxygens (including phenoxy) is 2. The average Bonchev–Trinajstić information content (AvgIpc) is 2.88. The minimum absolute atomic E-state index is 0.153. The Morgan fingerprint density at radius 2 is 1.92 bits per heavy atom. The fraction of sp³-hybridized carbons (Fsp3) is 0.529. The lowest BCUT2D eigenvalue weighted by atomic mass is 10.2. The molecule has 3 rings (SSSR count). The van der Waals surface area contributed by atoms with Crippen LogP contribution in [0.3, 0.4) is 0 Å². The molecule has 7 heteroatoms. The van der Waals surface area contributed by atoms with Gasteiger partial charge in [0.25, 0.3) is 5.91 Å². The predicted molar refractivity (Wildman–Crippen MR) is 90.1 cm³/mol. The number of nitrogens with zero attached hydrogens (tertiary/aromatic N) is 2. The molecular weight excluding hydrogens is 310 g/mol. The summed E-state index contributed by atoms with van der Waals surface area (Å²) in [6.45, 7) is 3.93. The van der Waals surface area contributed by atoms with Crippen LogP contribution in [0.5, 0.6) is 0 Å². The van der Waals surface area contributed by atoms with Gasteiger partial charge in [-0.1, -0.05) is 0 Å². The van der Waals surface area contributed by atoms with E-state index in [0.717, 1.165) is 37.7 Å². The summed E-state index contributed by atoms with van der Waals surface area (Å²) in [6.07, 6.45) is 0.188. The Morgan fingerprint density at radius 3 is 2.58 bits per heavy atom. The Bertz CT molecular complexity index is 584. The molecule has 0 bridgehead atoms. The Morgan fingerprint density at radius 1 is 1.21 bits per heavy atom. The van der Waals surface area contributed by atoms with Crippen LogP contribution in [0.2, 0.25) is 0 Å². The van der Waals surface area contributed by atoms with Crippen LogP contribution in [0.1, 0.15) is 6.42 Å². The van der Waals surface area contributed by atoms with Gasteiger partial charge < -0.3 is 19.7 Å². The molecule has 0 saturated carbocycles. The molecule has 0 radical (unpaired) electrons. The Kier molecular flexibility index (Phi) is 5.32. The average molecular weight is 333 g/mol. The fourth-order valence-corrected chi connectivity index (χ4v) is 3.00. The lowest BCUT2D eigenvalue weighted by Crippen LogP contribution is -2.37. The first kappa shape index (κ1) is 16.7. The Hall–Kier alpha value is -2.12. The number of carbonyl (C=O) groups excluding carboxylic acids is 2. The molecule has 0 aliphatic carbocycles. The second kappa shape index (κ2) is 7.63. The third kappa shape index (κ3) is 3.68. The van der Waals surface area contributed by atoms with Gasteiger partial charge in [-0.05, 0) is 24.3 Å². The van der Waals surface area contributed by atoms with Crippen LogP contribution in [0.15, 0.2) is 24.3 Å². The lowest BCUT2D eigenvalue weighted by Gasteiger charge is -2.29. The number of rotatable bonds is 6. The summed E-state index contributed by atoms with van der Waals surface area (Å²) in [4.78, 5) is 27.8. The van der Waals surface area contributed by atoms with Gasteiger partial charge in [0.15, 0.2) is 0 Å². The first-order chi connectivity index (χ1) is 11.7. The van der Waals surface area contributed by atoms with Gasteiger partial charge in [-0.25, -0.2) is 0 Å². The summed E-state index contributed by atoms with van der Waals surface area (Å²) in [5.41, 5.74) is 1.98. The van der Waals surface area contributed by atoms with Gasteiger partial charge in [-0.15, -0.1) is 0 Å². The van der Waals surface area contributed by atoms with Crippen molar-refractivity contribution in [2.45, 2.75) is 12.5 Å². The zero-order valence-electron chi connectivity index (χ0n) is 13.9. The summed E-state index contributed by atoms with van der Waals surface area (Å²) in [6, 6.07) is 7.44. The van der Waals surface area contributed by atoms with Crippen molar-refractivity contribution in [1.82, 2.24) is 4.90 Å². The third-order valence-electron chi connectivity index (χ3n) is 4.35. The van der Waals surface area contributed by atoms with Gasteiger partial charge in [0.05, 0.1) is 32.8 Å². The maximum atomic E-state index is 12.3. The molecular formula is C17H23N3O4. The molecule has 1 aromatic carbocycles. The van der Waals surface area contributed by atoms with Crippen LogP contribution in [0, 0.1) is 0 Å². The van der Waals surface area contributed by atoms with E-state index in [2.05, 4.69) is 10.2 Å². The number of benzene rings is 1. The van der Waals surface area contributed by atoms with Crippen LogP contribution < -0.4 is 10.2 Å². The van der Waals surface area contributed by atoms with Crippen molar-refractivity contribution < 1.29 is 19.1 Å². The molecule has 0 unspecified atom stereocenters. The Labute approximate surface area is 141 Å². The largest absolute Gasteiger partial charge is 0.383 e. The molecule has 2 saturated heterocycles. The number of hydrogen-bond donors (Lipinski definition) is 1. The van der Waals surface area contributed by atoms with Crippen LogP contribution in [-0.2, 0) is 19.1 Å². The van der Waals surface area contributed by atoms with Crippen molar-refractivity contribution in [2.24, 2.45) is 0 Å². The molecule has 24 heavy (non-hydrogen) atoms. The van der Waals surface area contributed by atoms with Gasteiger partial charge in [0, 0.05) is 31.6 Å². The highest BCUT2D eigenvalue weighted by atomic mass is 16.5. The number of imide groups is 1. The van der Waals surface area contributed by atoms with E-state index in [1.165, 1.54) is 4.90 Å². The second-order valence-corrected chi connectivity index (χ2v) is 5.92. The summed E-state index contributed by atoms with van der Waals surface area (Å²) in [5, 5.41) is 3.16. The van der Waals surface area contributed by atoms with Gasteiger partial charge in [-0.3, -0.25) is 14.5 Å². The van der Waals surface area contributed by atoms with Crippen molar-refractivity contribution in [3.05, 3.63) is 24.3 Å². The van der Waals surface area contributed by atoms with E-state index in [9.17, 15) is 9.59 Å². The molecule has 2 aliphatic rings. The number of nitrogens with one attached hydrogen (secondary N) is 1. The molecule has 1 aromatic rings. The first-order valence-electron chi connectivity index (χ1n) is 8.21. The summed E-state index contributed by atoms with van der Waals surface area (Å²) in [5.74, 6) is -0.339. The second-order valence-electron chi connectivity index (χ2n) is 5.92. The maximum Gasteiger partial charge on any atom is 0.252 e. The molecule has 2 heterocycles. The zero-order valence-corrected chi connectivity index (χ0v) is 13.9. The number of methoxy groups -OCH3 is 1. The van der Waals surface area contributed by atoms with E-state index in [1.807, 2.05) is 24.3 Å². The summed E-state index contributed by atoms with van der Waals surface area (Å²) >= 11 is 0. The molecule has 1 N–H and O–H groups in total. The normalized spacial score (nSPS) is 21.5. The van der Waals surface area contributed by atoms with Gasteiger partial charge >= 0.3 is 0 Å². The highest BCUT2D eigenvalue weighted by molar-refractivity contribution is 6.06. The molecule has 1 atom stereocenters. The highest BCUT2D eigenvalue weighted by Gasteiger charge is 2.38. The number of morpholine rings is 1. The van der Waals surface area contributed by atoms with E-state index >= 15 is 0 Å². The molecule has 130 valence electrons.